The molecule has 1 atom stereocenters. The van der Waals surface area contributed by atoms with Crippen molar-refractivity contribution in [3.63, 3.8) is 0 Å². The Morgan fingerprint density at radius 3 is 2.32 bits per heavy atom. The number of piperazine rings is 1. The second kappa shape index (κ2) is 9.89. The maximum Gasteiger partial charge on any atom is 0.241 e. The van der Waals surface area contributed by atoms with E-state index in [1.54, 1.807) is 24.3 Å². The van der Waals surface area contributed by atoms with E-state index in [2.05, 4.69) is 19.9 Å². The Bertz CT molecular complexity index is 1110. The van der Waals surface area contributed by atoms with Crippen LogP contribution in [0.25, 0.3) is 11.4 Å². The first-order valence-electron chi connectivity index (χ1n) is 11.7. The van der Waals surface area contributed by atoms with Crippen molar-refractivity contribution in [3.8, 4) is 11.4 Å². The van der Waals surface area contributed by atoms with Crippen LogP contribution in [-0.4, -0.2) is 65.1 Å². The molecule has 9 heteroatoms. The number of nitrogens with zero attached hydrogens (tertiary/aromatic N) is 5. The number of likely N-dealkylation sites (tertiary alicyclic amines) is 1. The molecule has 34 heavy (non-hydrogen) atoms. The van der Waals surface area contributed by atoms with Crippen molar-refractivity contribution in [2.75, 3.05) is 44.2 Å². The SMILES string of the molecule is O=C(C1CCCN(Cc2nc(-c3ccc(F)cc3)no2)C1)N1CCN(c2ccc(F)cc2)CC1. The third-order valence-electron chi connectivity index (χ3n) is 6.57. The zero-order valence-corrected chi connectivity index (χ0v) is 18.9. The van der Waals surface area contributed by atoms with Crippen LogP contribution in [-0.2, 0) is 11.3 Å². The maximum atomic E-state index is 13.2. The summed E-state index contributed by atoms with van der Waals surface area (Å²) < 4.78 is 31.7. The molecule has 0 saturated carbocycles. The number of carbonyl (C=O) groups is 1. The number of rotatable bonds is 5. The van der Waals surface area contributed by atoms with E-state index in [-0.39, 0.29) is 23.5 Å². The monoisotopic (exact) mass is 467 g/mol. The summed E-state index contributed by atoms with van der Waals surface area (Å²) in [6.07, 6.45) is 1.81. The number of amides is 1. The van der Waals surface area contributed by atoms with Gasteiger partial charge in [-0.2, -0.15) is 4.98 Å². The molecule has 0 bridgehead atoms. The smallest absolute Gasteiger partial charge is 0.241 e. The van der Waals surface area contributed by atoms with Gasteiger partial charge in [-0.3, -0.25) is 9.69 Å². The second-order valence-corrected chi connectivity index (χ2v) is 8.88. The third-order valence-corrected chi connectivity index (χ3v) is 6.57. The van der Waals surface area contributed by atoms with Crippen LogP contribution in [0.2, 0.25) is 0 Å². The number of piperidine rings is 1. The summed E-state index contributed by atoms with van der Waals surface area (Å²) in [6.45, 7) is 4.82. The first-order chi connectivity index (χ1) is 16.5. The lowest BCUT2D eigenvalue weighted by atomic mass is 9.96. The van der Waals surface area contributed by atoms with E-state index >= 15 is 0 Å². The van der Waals surface area contributed by atoms with Crippen LogP contribution in [0.1, 0.15) is 18.7 Å². The molecule has 2 aliphatic rings. The molecule has 2 aromatic carbocycles. The zero-order chi connectivity index (χ0) is 23.5. The summed E-state index contributed by atoms with van der Waals surface area (Å²) in [7, 11) is 0. The quantitative estimate of drug-likeness (QED) is 0.572. The van der Waals surface area contributed by atoms with Crippen LogP contribution in [0, 0.1) is 17.6 Å². The Kier molecular flexibility index (Phi) is 6.53. The van der Waals surface area contributed by atoms with Crippen molar-refractivity contribution in [3.05, 3.63) is 66.1 Å². The summed E-state index contributed by atoms with van der Waals surface area (Å²) in [5.41, 5.74) is 1.68. The van der Waals surface area contributed by atoms with Gasteiger partial charge in [-0.15, -0.1) is 0 Å². The average Bonchev–Trinajstić information content (AvgIpc) is 3.33. The van der Waals surface area contributed by atoms with Crippen molar-refractivity contribution < 1.29 is 18.1 Å². The van der Waals surface area contributed by atoms with Crippen LogP contribution in [0.4, 0.5) is 14.5 Å². The Hall–Kier alpha value is -3.33. The molecule has 0 aliphatic carbocycles. The lowest BCUT2D eigenvalue weighted by molar-refractivity contribution is -0.137. The van der Waals surface area contributed by atoms with Crippen LogP contribution in [0.5, 0.6) is 0 Å². The average molecular weight is 468 g/mol. The molecule has 5 rings (SSSR count). The van der Waals surface area contributed by atoms with E-state index in [9.17, 15) is 13.6 Å². The summed E-state index contributed by atoms with van der Waals surface area (Å²) in [5, 5.41) is 4.01. The summed E-state index contributed by atoms with van der Waals surface area (Å²) >= 11 is 0. The van der Waals surface area contributed by atoms with Gasteiger partial charge in [0, 0.05) is 44.0 Å². The van der Waals surface area contributed by atoms with Crippen molar-refractivity contribution in [2.45, 2.75) is 19.4 Å². The predicted octanol–water partition coefficient (Wildman–Crippen LogP) is 3.58. The van der Waals surface area contributed by atoms with Gasteiger partial charge in [0.2, 0.25) is 17.6 Å². The summed E-state index contributed by atoms with van der Waals surface area (Å²) in [6, 6.07) is 12.5. The van der Waals surface area contributed by atoms with Crippen LogP contribution in [0.15, 0.2) is 53.1 Å². The Labute approximate surface area is 197 Å². The number of hydrogen-bond acceptors (Lipinski definition) is 6. The largest absolute Gasteiger partial charge is 0.368 e. The number of anilines is 1. The molecule has 2 fully saturated rings. The Morgan fingerprint density at radius 1 is 0.941 bits per heavy atom. The highest BCUT2D eigenvalue weighted by Crippen LogP contribution is 2.23. The fourth-order valence-corrected chi connectivity index (χ4v) is 4.72. The van der Waals surface area contributed by atoms with E-state index in [0.29, 0.717) is 43.5 Å². The minimum absolute atomic E-state index is 0.0504. The molecular formula is C25H27F2N5O2. The number of carbonyl (C=O) groups excluding carboxylic acids is 1. The summed E-state index contributed by atoms with van der Waals surface area (Å²) in [4.78, 5) is 24.0. The third kappa shape index (κ3) is 5.09. The van der Waals surface area contributed by atoms with Crippen LogP contribution < -0.4 is 4.90 Å². The summed E-state index contributed by atoms with van der Waals surface area (Å²) in [5.74, 6) is 0.505. The van der Waals surface area contributed by atoms with Crippen molar-refractivity contribution in [2.24, 2.45) is 5.92 Å². The molecule has 0 spiro atoms. The predicted molar refractivity (Wildman–Crippen MR) is 123 cm³/mol. The molecule has 1 aromatic heterocycles. The molecule has 3 heterocycles. The highest BCUT2D eigenvalue weighted by molar-refractivity contribution is 5.79. The van der Waals surface area contributed by atoms with Crippen molar-refractivity contribution >= 4 is 11.6 Å². The molecule has 178 valence electrons. The minimum Gasteiger partial charge on any atom is -0.368 e. The van der Waals surface area contributed by atoms with E-state index in [1.165, 1.54) is 24.3 Å². The number of benzene rings is 2. The Balaban J connectivity index is 1.14. The highest BCUT2D eigenvalue weighted by atomic mass is 19.1. The molecular weight excluding hydrogens is 440 g/mol. The van der Waals surface area contributed by atoms with Gasteiger partial charge in [-0.1, -0.05) is 5.16 Å². The van der Waals surface area contributed by atoms with Gasteiger partial charge >= 0.3 is 0 Å². The fraction of sp³-hybridized carbons (Fsp3) is 0.400. The lowest BCUT2D eigenvalue weighted by Gasteiger charge is -2.39. The van der Waals surface area contributed by atoms with Gasteiger partial charge in [-0.25, -0.2) is 8.78 Å². The molecule has 1 amide bonds. The molecule has 1 unspecified atom stereocenters. The van der Waals surface area contributed by atoms with Crippen molar-refractivity contribution in [1.82, 2.24) is 19.9 Å². The minimum atomic E-state index is -0.312. The first kappa shape index (κ1) is 22.5. The molecule has 7 nitrogen and oxygen atoms in total. The van der Waals surface area contributed by atoms with Gasteiger partial charge in [-0.05, 0) is 67.9 Å². The first-order valence-corrected chi connectivity index (χ1v) is 11.7. The zero-order valence-electron chi connectivity index (χ0n) is 18.9. The lowest BCUT2D eigenvalue weighted by Crippen LogP contribution is -2.52. The van der Waals surface area contributed by atoms with Crippen LogP contribution in [0.3, 0.4) is 0 Å². The van der Waals surface area contributed by atoms with Gasteiger partial charge in [0.15, 0.2) is 0 Å². The van der Waals surface area contributed by atoms with Gasteiger partial charge < -0.3 is 14.3 Å². The van der Waals surface area contributed by atoms with E-state index in [1.807, 2.05) is 4.90 Å². The Morgan fingerprint density at radius 2 is 1.62 bits per heavy atom. The molecule has 0 N–H and O–H groups in total. The molecule has 0 radical (unpaired) electrons. The maximum absolute atomic E-state index is 13.2. The van der Waals surface area contributed by atoms with Gasteiger partial charge in [0.25, 0.3) is 0 Å². The van der Waals surface area contributed by atoms with E-state index in [4.69, 9.17) is 4.52 Å². The standard InChI is InChI=1S/C25H27F2N5O2/c26-20-5-3-18(4-6-20)24-28-23(34-29-24)17-30-11-1-2-19(16-30)25(33)32-14-12-31(13-15-32)22-9-7-21(27)8-10-22/h3-10,19H,1-2,11-17H2. The number of halogens is 2. The number of aromatic nitrogens is 2. The molecule has 2 aliphatic heterocycles. The molecule has 3 aromatic rings. The molecule has 2 saturated heterocycles. The van der Waals surface area contributed by atoms with E-state index < -0.39 is 0 Å². The highest BCUT2D eigenvalue weighted by Gasteiger charge is 2.31. The topological polar surface area (TPSA) is 65.7 Å². The fourth-order valence-electron chi connectivity index (χ4n) is 4.72. The van der Waals surface area contributed by atoms with Gasteiger partial charge in [0.1, 0.15) is 11.6 Å². The van der Waals surface area contributed by atoms with Crippen LogP contribution >= 0.6 is 0 Å². The second-order valence-electron chi connectivity index (χ2n) is 8.88. The normalized spacial score (nSPS) is 19.4. The van der Waals surface area contributed by atoms with Gasteiger partial charge in [0.05, 0.1) is 12.5 Å². The van der Waals surface area contributed by atoms with Crippen molar-refractivity contribution in [1.29, 1.82) is 0 Å². The van der Waals surface area contributed by atoms with E-state index in [0.717, 1.165) is 38.2 Å². The number of hydrogen-bond donors (Lipinski definition) is 0.